The lowest BCUT2D eigenvalue weighted by molar-refractivity contribution is -0.134. The maximum Gasteiger partial charge on any atom is 0.311 e. The molecule has 0 aliphatic carbocycles. The van der Waals surface area contributed by atoms with Crippen molar-refractivity contribution in [1.82, 2.24) is 0 Å². The Bertz CT molecular complexity index is 344. The molecule has 79 valence electrons. The van der Waals surface area contributed by atoms with Crippen LogP contribution < -0.4 is 4.74 Å². The fraction of sp³-hybridized carbons (Fsp3) is 0.250. The molecule has 0 aliphatic heterocycles. The average molecular weight is 205 g/mol. The molecule has 0 aromatic heterocycles. The summed E-state index contributed by atoms with van der Waals surface area (Å²) in [6, 6.07) is 6.51. The lowest BCUT2D eigenvalue weighted by atomic mass is 10.2. The highest BCUT2D eigenvalue weighted by Gasteiger charge is 2.04. The van der Waals surface area contributed by atoms with Crippen LogP contribution in [0, 0.1) is 6.92 Å². The van der Waals surface area contributed by atoms with Crippen LogP contribution in [0.5, 0.6) is 5.75 Å². The molecule has 15 heavy (non-hydrogen) atoms. The number of hydrogen-bond donors (Lipinski definition) is 0. The summed E-state index contributed by atoms with van der Waals surface area (Å²) in [4.78, 5) is 21.7. The minimum Gasteiger partial charge on any atom is -0.427 e. The number of carbonyl (C=O) groups excluding carboxylic acids is 2. The Hall–Kier alpha value is -1.64. The summed E-state index contributed by atoms with van der Waals surface area (Å²) in [6.07, 6.45) is 2.50. The van der Waals surface area contributed by atoms with Crippen molar-refractivity contribution in [3.8, 4) is 5.75 Å². The van der Waals surface area contributed by atoms with Crippen molar-refractivity contribution < 1.29 is 14.3 Å². The van der Waals surface area contributed by atoms with E-state index in [9.17, 15) is 9.59 Å². The molecule has 0 fully saturated rings. The van der Waals surface area contributed by atoms with Gasteiger partial charge in [-0.3, -0.25) is 9.59 Å². The Labute approximate surface area is 89.1 Å². The van der Waals surface area contributed by atoms with E-state index in [1.165, 1.54) is 6.07 Å². The van der Waals surface area contributed by atoms with Crippen molar-refractivity contribution in [2.75, 3.05) is 0 Å². The first-order valence-electron chi connectivity index (χ1n) is 4.81. The minimum absolute atomic E-state index is 0.290. The van der Waals surface area contributed by atoms with Crippen LogP contribution in [0.4, 0.5) is 0 Å². The first-order valence-corrected chi connectivity index (χ1v) is 4.81. The van der Waals surface area contributed by atoms with E-state index in [0.717, 1.165) is 0 Å². The van der Waals surface area contributed by atoms with Gasteiger partial charge < -0.3 is 4.74 Å². The molecule has 3 heteroatoms. The zero-order valence-corrected chi connectivity index (χ0v) is 8.44. The van der Waals surface area contributed by atoms with Gasteiger partial charge in [0.25, 0.3) is 0 Å². The Balaban J connectivity index is 2.56. The van der Waals surface area contributed by atoms with Gasteiger partial charge in [0.2, 0.25) is 0 Å². The van der Waals surface area contributed by atoms with Gasteiger partial charge in [0.05, 0.1) is 0 Å². The molecule has 0 spiro atoms. The van der Waals surface area contributed by atoms with Crippen LogP contribution in [0.25, 0.3) is 0 Å². The summed E-state index contributed by atoms with van der Waals surface area (Å²) in [5.41, 5.74) is 0.498. The lowest BCUT2D eigenvalue weighted by Gasteiger charge is -2.03. The van der Waals surface area contributed by atoms with E-state index in [4.69, 9.17) is 4.74 Å². The quantitative estimate of drug-likeness (QED) is 0.421. The standard InChI is InChI=1S/C12H13O3/c1-2-3-7-12(14)15-11-6-4-5-10(8-11)9-13/h4-6,8-9H,1-3,7H2. The van der Waals surface area contributed by atoms with Crippen LogP contribution >= 0.6 is 0 Å². The van der Waals surface area contributed by atoms with E-state index in [1.54, 1.807) is 18.2 Å². The second-order valence-corrected chi connectivity index (χ2v) is 3.12. The molecule has 0 unspecified atom stereocenters. The summed E-state index contributed by atoms with van der Waals surface area (Å²) in [7, 11) is 0. The highest BCUT2D eigenvalue weighted by Crippen LogP contribution is 2.13. The lowest BCUT2D eigenvalue weighted by Crippen LogP contribution is -2.07. The molecule has 1 aromatic rings. The Morgan fingerprint density at radius 2 is 2.27 bits per heavy atom. The first kappa shape index (κ1) is 11.4. The Morgan fingerprint density at radius 1 is 1.47 bits per heavy atom. The fourth-order valence-electron chi connectivity index (χ4n) is 1.10. The third-order valence-corrected chi connectivity index (χ3v) is 1.86. The van der Waals surface area contributed by atoms with Crippen LogP contribution in [0.1, 0.15) is 29.6 Å². The molecule has 0 bridgehead atoms. The van der Waals surface area contributed by atoms with E-state index >= 15 is 0 Å². The zero-order chi connectivity index (χ0) is 11.1. The van der Waals surface area contributed by atoms with Gasteiger partial charge in [0.1, 0.15) is 12.0 Å². The second kappa shape index (κ2) is 5.96. The highest BCUT2D eigenvalue weighted by atomic mass is 16.5. The molecular weight excluding hydrogens is 192 g/mol. The van der Waals surface area contributed by atoms with Gasteiger partial charge in [-0.2, -0.15) is 0 Å². The van der Waals surface area contributed by atoms with Crippen molar-refractivity contribution in [2.24, 2.45) is 0 Å². The van der Waals surface area contributed by atoms with Gasteiger partial charge in [0.15, 0.2) is 0 Å². The largest absolute Gasteiger partial charge is 0.427 e. The number of rotatable bonds is 5. The molecule has 0 N–H and O–H groups in total. The zero-order valence-electron chi connectivity index (χ0n) is 8.44. The van der Waals surface area contributed by atoms with Gasteiger partial charge in [-0.15, -0.1) is 0 Å². The molecule has 0 aliphatic rings. The van der Waals surface area contributed by atoms with Crippen LogP contribution in [0.3, 0.4) is 0 Å². The van der Waals surface area contributed by atoms with Crippen LogP contribution in [-0.4, -0.2) is 12.3 Å². The van der Waals surface area contributed by atoms with Gasteiger partial charge in [0, 0.05) is 12.0 Å². The molecule has 1 aromatic carbocycles. The molecule has 0 heterocycles. The van der Waals surface area contributed by atoms with E-state index in [1.807, 2.05) is 0 Å². The van der Waals surface area contributed by atoms with Crippen molar-refractivity contribution in [1.29, 1.82) is 0 Å². The summed E-state index contributed by atoms with van der Waals surface area (Å²) >= 11 is 0. The molecule has 1 rings (SSSR count). The predicted molar refractivity (Wildman–Crippen MR) is 56.7 cm³/mol. The normalized spacial score (nSPS) is 9.67. The van der Waals surface area contributed by atoms with E-state index < -0.39 is 0 Å². The molecule has 3 nitrogen and oxygen atoms in total. The van der Waals surface area contributed by atoms with Gasteiger partial charge >= 0.3 is 5.97 Å². The van der Waals surface area contributed by atoms with E-state index in [-0.39, 0.29) is 5.97 Å². The van der Waals surface area contributed by atoms with Crippen LogP contribution in [0.15, 0.2) is 24.3 Å². The molecule has 0 amide bonds. The smallest absolute Gasteiger partial charge is 0.311 e. The van der Waals surface area contributed by atoms with E-state index in [0.29, 0.717) is 36.9 Å². The van der Waals surface area contributed by atoms with Crippen LogP contribution in [0.2, 0.25) is 0 Å². The maximum atomic E-state index is 11.2. The van der Waals surface area contributed by atoms with Crippen molar-refractivity contribution in [3.05, 3.63) is 36.8 Å². The third kappa shape index (κ3) is 3.94. The number of unbranched alkanes of at least 4 members (excludes halogenated alkanes) is 1. The second-order valence-electron chi connectivity index (χ2n) is 3.12. The topological polar surface area (TPSA) is 43.4 Å². The van der Waals surface area contributed by atoms with Gasteiger partial charge in [-0.1, -0.05) is 25.5 Å². The average Bonchev–Trinajstić information content (AvgIpc) is 2.26. The van der Waals surface area contributed by atoms with Crippen molar-refractivity contribution >= 4 is 12.3 Å². The van der Waals surface area contributed by atoms with Crippen molar-refractivity contribution in [3.63, 3.8) is 0 Å². The molecule has 0 saturated heterocycles. The number of carbonyl (C=O) groups is 2. The number of ether oxygens (including phenoxy) is 1. The summed E-state index contributed by atoms with van der Waals surface area (Å²) < 4.78 is 5.03. The maximum absolute atomic E-state index is 11.2. The first-order chi connectivity index (χ1) is 7.26. The number of hydrogen-bond acceptors (Lipinski definition) is 3. The fourth-order valence-corrected chi connectivity index (χ4v) is 1.10. The van der Waals surface area contributed by atoms with E-state index in [2.05, 4.69) is 6.92 Å². The molecule has 0 atom stereocenters. The Kier molecular flexibility index (Phi) is 4.54. The SMILES string of the molecule is [CH2]CCCC(=O)Oc1cccc(C=O)c1. The van der Waals surface area contributed by atoms with Gasteiger partial charge in [-0.25, -0.2) is 0 Å². The minimum atomic E-state index is -0.290. The summed E-state index contributed by atoms with van der Waals surface area (Å²) in [5.74, 6) is 0.121. The molecule has 0 saturated carbocycles. The third-order valence-electron chi connectivity index (χ3n) is 1.86. The predicted octanol–water partition coefficient (Wildman–Crippen LogP) is 2.41. The highest BCUT2D eigenvalue weighted by molar-refractivity contribution is 5.77. The number of aldehydes is 1. The summed E-state index contributed by atoms with van der Waals surface area (Å²) in [6.45, 7) is 3.64. The monoisotopic (exact) mass is 205 g/mol. The van der Waals surface area contributed by atoms with Crippen LogP contribution in [-0.2, 0) is 4.79 Å². The number of benzene rings is 1. The number of esters is 1. The Morgan fingerprint density at radius 3 is 2.93 bits per heavy atom. The molecule has 1 radical (unpaired) electrons. The molecular formula is C12H13O3. The van der Waals surface area contributed by atoms with Crippen molar-refractivity contribution in [2.45, 2.75) is 19.3 Å². The summed E-state index contributed by atoms with van der Waals surface area (Å²) in [5, 5.41) is 0. The van der Waals surface area contributed by atoms with Gasteiger partial charge in [-0.05, 0) is 18.6 Å².